The zero-order valence-electron chi connectivity index (χ0n) is 14.6. The normalized spacial score (nSPS) is 14.5. The number of hydrogen-bond acceptors (Lipinski definition) is 3. The summed E-state index contributed by atoms with van der Waals surface area (Å²) in [5.74, 6) is 0.191. The molecule has 0 amide bonds. The predicted molar refractivity (Wildman–Crippen MR) is 102 cm³/mol. The smallest absolute Gasteiger partial charge is 0.207 e. The van der Waals surface area contributed by atoms with Gasteiger partial charge in [0.25, 0.3) is 0 Å². The Labute approximate surface area is 149 Å². The standard InChI is InChI=1S/C19H25NO2S2/c1-14(2)19(16(4)23-17-8-6-5-7-9-17)20-24(21,22)18-12-10-15(3)11-13-18/h5-14,16,19-20H,1-4H3/t16-,19+/m0/s1. The van der Waals surface area contributed by atoms with Gasteiger partial charge < -0.3 is 0 Å². The highest BCUT2D eigenvalue weighted by atomic mass is 32.2. The van der Waals surface area contributed by atoms with Gasteiger partial charge in [-0.1, -0.05) is 56.7 Å². The number of sulfonamides is 1. The van der Waals surface area contributed by atoms with E-state index in [1.165, 1.54) is 0 Å². The van der Waals surface area contributed by atoms with E-state index in [1.54, 1.807) is 23.9 Å². The van der Waals surface area contributed by atoms with Crippen molar-refractivity contribution in [3.8, 4) is 0 Å². The van der Waals surface area contributed by atoms with Crippen molar-refractivity contribution >= 4 is 21.8 Å². The monoisotopic (exact) mass is 363 g/mol. The number of thioether (sulfide) groups is 1. The van der Waals surface area contributed by atoms with Crippen LogP contribution in [-0.2, 0) is 10.0 Å². The molecule has 0 unspecified atom stereocenters. The Morgan fingerprint density at radius 2 is 1.50 bits per heavy atom. The Hall–Kier alpha value is -1.30. The van der Waals surface area contributed by atoms with Crippen LogP contribution in [0, 0.1) is 12.8 Å². The molecule has 0 bridgehead atoms. The first kappa shape index (κ1) is 19.0. The molecule has 2 rings (SSSR count). The molecule has 0 aliphatic heterocycles. The van der Waals surface area contributed by atoms with Gasteiger partial charge in [-0.05, 0) is 37.1 Å². The van der Waals surface area contributed by atoms with Gasteiger partial charge in [0, 0.05) is 16.2 Å². The van der Waals surface area contributed by atoms with Gasteiger partial charge in [0.2, 0.25) is 10.0 Å². The molecule has 2 aromatic rings. The Morgan fingerprint density at radius 3 is 2.04 bits per heavy atom. The Bertz CT molecular complexity index is 741. The minimum atomic E-state index is -3.52. The van der Waals surface area contributed by atoms with E-state index in [9.17, 15) is 8.42 Å². The third kappa shape index (κ3) is 5.10. The van der Waals surface area contributed by atoms with Crippen LogP contribution in [0.2, 0.25) is 0 Å². The number of aryl methyl sites for hydroxylation is 1. The van der Waals surface area contributed by atoms with Crippen LogP contribution in [0.3, 0.4) is 0 Å². The number of benzene rings is 2. The van der Waals surface area contributed by atoms with Crippen LogP contribution in [0.15, 0.2) is 64.4 Å². The van der Waals surface area contributed by atoms with Crippen molar-refractivity contribution in [2.24, 2.45) is 5.92 Å². The summed E-state index contributed by atoms with van der Waals surface area (Å²) in [5.41, 5.74) is 1.04. The molecule has 130 valence electrons. The van der Waals surface area contributed by atoms with Gasteiger partial charge in [0.05, 0.1) is 4.90 Å². The maximum atomic E-state index is 12.7. The Morgan fingerprint density at radius 1 is 0.917 bits per heavy atom. The van der Waals surface area contributed by atoms with Crippen molar-refractivity contribution in [1.29, 1.82) is 0 Å². The fourth-order valence-electron chi connectivity index (χ4n) is 2.53. The van der Waals surface area contributed by atoms with Crippen LogP contribution < -0.4 is 4.72 Å². The first-order chi connectivity index (χ1) is 11.3. The molecule has 3 nitrogen and oxygen atoms in total. The highest BCUT2D eigenvalue weighted by molar-refractivity contribution is 8.00. The highest BCUT2D eigenvalue weighted by Crippen LogP contribution is 2.28. The first-order valence-corrected chi connectivity index (χ1v) is 10.5. The van der Waals surface area contributed by atoms with E-state index in [1.807, 2.05) is 63.2 Å². The molecule has 5 heteroatoms. The fraction of sp³-hybridized carbons (Fsp3) is 0.368. The second-order valence-electron chi connectivity index (χ2n) is 6.34. The lowest BCUT2D eigenvalue weighted by molar-refractivity contribution is 0.445. The second kappa shape index (κ2) is 8.19. The quantitative estimate of drug-likeness (QED) is 0.738. The summed E-state index contributed by atoms with van der Waals surface area (Å²) in [5, 5.41) is 0.118. The summed E-state index contributed by atoms with van der Waals surface area (Å²) < 4.78 is 28.3. The summed E-state index contributed by atoms with van der Waals surface area (Å²) in [6, 6.07) is 16.9. The van der Waals surface area contributed by atoms with Crippen molar-refractivity contribution < 1.29 is 8.42 Å². The molecule has 0 radical (unpaired) electrons. The Kier molecular flexibility index (Phi) is 6.49. The Balaban J connectivity index is 2.16. The van der Waals surface area contributed by atoms with E-state index in [-0.39, 0.29) is 17.2 Å². The fourth-order valence-corrected chi connectivity index (χ4v) is 5.35. The summed E-state index contributed by atoms with van der Waals surface area (Å²) in [6.45, 7) is 8.11. The van der Waals surface area contributed by atoms with Crippen LogP contribution in [0.25, 0.3) is 0 Å². The number of rotatable bonds is 7. The van der Waals surface area contributed by atoms with E-state index in [2.05, 4.69) is 11.6 Å². The molecule has 0 aliphatic rings. The van der Waals surface area contributed by atoms with E-state index in [0.29, 0.717) is 4.90 Å². The topological polar surface area (TPSA) is 46.2 Å². The number of nitrogens with one attached hydrogen (secondary N) is 1. The third-order valence-corrected chi connectivity index (χ3v) is 6.60. The van der Waals surface area contributed by atoms with Gasteiger partial charge in [0.15, 0.2) is 0 Å². The molecule has 0 saturated carbocycles. The molecular formula is C19H25NO2S2. The molecule has 0 saturated heterocycles. The van der Waals surface area contributed by atoms with Crippen molar-refractivity contribution in [1.82, 2.24) is 4.72 Å². The lowest BCUT2D eigenvalue weighted by Gasteiger charge is -2.28. The highest BCUT2D eigenvalue weighted by Gasteiger charge is 2.27. The summed E-state index contributed by atoms with van der Waals surface area (Å²) in [4.78, 5) is 1.46. The lowest BCUT2D eigenvalue weighted by atomic mass is 10.0. The minimum Gasteiger partial charge on any atom is -0.207 e. The maximum Gasteiger partial charge on any atom is 0.240 e. The van der Waals surface area contributed by atoms with Crippen molar-refractivity contribution in [2.45, 2.75) is 48.8 Å². The van der Waals surface area contributed by atoms with Crippen LogP contribution in [-0.4, -0.2) is 19.7 Å². The molecule has 1 N–H and O–H groups in total. The average molecular weight is 364 g/mol. The average Bonchev–Trinajstić information content (AvgIpc) is 2.53. The van der Waals surface area contributed by atoms with Crippen LogP contribution in [0.1, 0.15) is 26.3 Å². The molecule has 0 spiro atoms. The molecule has 2 aromatic carbocycles. The molecule has 24 heavy (non-hydrogen) atoms. The van der Waals surface area contributed by atoms with E-state index in [4.69, 9.17) is 0 Å². The van der Waals surface area contributed by atoms with Gasteiger partial charge in [-0.25, -0.2) is 13.1 Å². The molecular weight excluding hydrogens is 338 g/mol. The molecule has 0 fully saturated rings. The largest absolute Gasteiger partial charge is 0.240 e. The zero-order valence-corrected chi connectivity index (χ0v) is 16.2. The maximum absolute atomic E-state index is 12.7. The number of hydrogen-bond donors (Lipinski definition) is 1. The summed E-state index contributed by atoms with van der Waals surface area (Å²) in [6.07, 6.45) is 0. The summed E-state index contributed by atoms with van der Waals surface area (Å²) >= 11 is 1.69. The molecule has 2 atom stereocenters. The van der Waals surface area contributed by atoms with E-state index < -0.39 is 10.0 Å². The first-order valence-electron chi connectivity index (χ1n) is 8.10. The molecule has 0 aromatic heterocycles. The van der Waals surface area contributed by atoms with Crippen LogP contribution >= 0.6 is 11.8 Å². The minimum absolute atomic E-state index is 0.118. The van der Waals surface area contributed by atoms with E-state index >= 15 is 0 Å². The van der Waals surface area contributed by atoms with Crippen molar-refractivity contribution in [2.75, 3.05) is 0 Å². The van der Waals surface area contributed by atoms with E-state index in [0.717, 1.165) is 10.5 Å². The van der Waals surface area contributed by atoms with Crippen LogP contribution in [0.4, 0.5) is 0 Å². The predicted octanol–water partition coefficient (Wildman–Crippen LogP) is 4.48. The van der Waals surface area contributed by atoms with Gasteiger partial charge in [-0.15, -0.1) is 11.8 Å². The van der Waals surface area contributed by atoms with Gasteiger partial charge in [-0.2, -0.15) is 0 Å². The second-order valence-corrected chi connectivity index (χ2v) is 9.50. The van der Waals surface area contributed by atoms with Gasteiger partial charge >= 0.3 is 0 Å². The van der Waals surface area contributed by atoms with Crippen LogP contribution in [0.5, 0.6) is 0 Å². The lowest BCUT2D eigenvalue weighted by Crippen LogP contribution is -2.44. The van der Waals surface area contributed by atoms with Crippen molar-refractivity contribution in [3.05, 3.63) is 60.2 Å². The summed E-state index contributed by atoms with van der Waals surface area (Å²) in [7, 11) is -3.52. The van der Waals surface area contributed by atoms with Gasteiger partial charge in [0.1, 0.15) is 0 Å². The molecule has 0 heterocycles. The SMILES string of the molecule is Cc1ccc(S(=O)(=O)N[C@H](C(C)C)[C@H](C)Sc2ccccc2)cc1. The zero-order chi connectivity index (χ0) is 17.7. The van der Waals surface area contributed by atoms with Crippen molar-refractivity contribution in [3.63, 3.8) is 0 Å². The molecule has 0 aliphatic carbocycles. The van der Waals surface area contributed by atoms with Gasteiger partial charge in [-0.3, -0.25) is 0 Å². The third-order valence-electron chi connectivity index (χ3n) is 3.91.